The number of likely N-dealkylation sites (tertiary alicyclic amines) is 1. The number of aliphatic carboxylic acids is 1. The summed E-state index contributed by atoms with van der Waals surface area (Å²) in [5.41, 5.74) is -2.84. The molecule has 0 saturated carbocycles. The number of methoxy groups -OCH3 is 1. The second kappa shape index (κ2) is 7.55. The number of hydrogen-bond acceptors (Lipinski definition) is 4. The van der Waals surface area contributed by atoms with Crippen molar-refractivity contribution in [2.24, 2.45) is 5.41 Å². The van der Waals surface area contributed by atoms with Crippen molar-refractivity contribution >= 4 is 23.5 Å². The van der Waals surface area contributed by atoms with Gasteiger partial charge in [0.25, 0.3) is 5.91 Å². The molecule has 0 radical (unpaired) electrons. The summed E-state index contributed by atoms with van der Waals surface area (Å²) < 4.78 is 44.3. The van der Waals surface area contributed by atoms with Crippen LogP contribution in [0.25, 0.3) is 0 Å². The van der Waals surface area contributed by atoms with Crippen molar-refractivity contribution in [3.63, 3.8) is 0 Å². The lowest BCUT2D eigenvalue weighted by molar-refractivity contribution is -0.151. The number of nitrogens with one attached hydrogen (secondary N) is 1. The predicted molar refractivity (Wildman–Crippen MR) is 88.2 cm³/mol. The monoisotopic (exact) mass is 388 g/mol. The Balaban J connectivity index is 2.35. The summed E-state index contributed by atoms with van der Waals surface area (Å²) in [6.45, 7) is 0.904. The highest BCUT2D eigenvalue weighted by atomic mass is 19.4. The van der Waals surface area contributed by atoms with E-state index in [2.05, 4.69) is 5.32 Å². The summed E-state index contributed by atoms with van der Waals surface area (Å²) in [7, 11) is 1.34. The summed E-state index contributed by atoms with van der Waals surface area (Å²) in [5, 5.41) is 11.7. The van der Waals surface area contributed by atoms with Crippen molar-refractivity contribution in [3.05, 3.63) is 29.3 Å². The Labute approximate surface area is 153 Å². The number of ether oxygens (including phenoxy) is 1. The average molecular weight is 388 g/mol. The van der Waals surface area contributed by atoms with Gasteiger partial charge in [-0.05, 0) is 24.6 Å². The van der Waals surface area contributed by atoms with Gasteiger partial charge in [0.15, 0.2) is 0 Å². The Kier molecular flexibility index (Phi) is 5.79. The first-order valence-corrected chi connectivity index (χ1v) is 8.00. The molecule has 1 aliphatic heterocycles. The molecule has 148 valence electrons. The maximum absolute atomic E-state index is 13.1. The molecule has 2 rings (SSSR count). The van der Waals surface area contributed by atoms with Crippen LogP contribution in [0.15, 0.2) is 18.2 Å². The zero-order valence-corrected chi connectivity index (χ0v) is 14.7. The van der Waals surface area contributed by atoms with Gasteiger partial charge in [-0.2, -0.15) is 13.2 Å². The number of nitrogens with zero attached hydrogens (tertiary/aromatic N) is 1. The molecule has 1 fully saturated rings. The minimum Gasteiger partial charge on any atom is -0.481 e. The molecule has 0 aromatic heterocycles. The summed E-state index contributed by atoms with van der Waals surface area (Å²) in [6.07, 6.45) is -4.59. The molecule has 1 heterocycles. The second-order valence-electron chi connectivity index (χ2n) is 6.47. The molecule has 2 N–H and O–H groups in total. The first kappa shape index (κ1) is 20.7. The fraction of sp³-hybridized carbons (Fsp3) is 0.471. The van der Waals surface area contributed by atoms with E-state index in [0.29, 0.717) is 6.07 Å². The smallest absolute Gasteiger partial charge is 0.416 e. The summed E-state index contributed by atoms with van der Waals surface area (Å²) in [6, 6.07) is 2.55. The third-order valence-electron chi connectivity index (χ3n) is 4.34. The lowest BCUT2D eigenvalue weighted by atomic mass is 9.88. The van der Waals surface area contributed by atoms with Crippen LogP contribution >= 0.6 is 0 Å². The van der Waals surface area contributed by atoms with Crippen LogP contribution in [-0.4, -0.2) is 54.6 Å². The topological polar surface area (TPSA) is 95.9 Å². The van der Waals surface area contributed by atoms with Crippen LogP contribution in [0.2, 0.25) is 0 Å². The number of carbonyl (C=O) groups is 3. The second-order valence-corrected chi connectivity index (χ2v) is 6.47. The first-order chi connectivity index (χ1) is 12.5. The molecule has 7 nitrogen and oxygen atoms in total. The Hall–Kier alpha value is -2.62. The number of hydrogen-bond donors (Lipinski definition) is 2. The first-order valence-electron chi connectivity index (χ1n) is 8.00. The number of amides is 2. The predicted octanol–water partition coefficient (Wildman–Crippen LogP) is 2.23. The fourth-order valence-electron chi connectivity index (χ4n) is 3.05. The van der Waals surface area contributed by atoms with Gasteiger partial charge >= 0.3 is 12.1 Å². The Bertz CT molecular complexity index is 765. The summed E-state index contributed by atoms with van der Waals surface area (Å²) in [5.74, 6) is -2.46. The molecule has 1 atom stereocenters. The summed E-state index contributed by atoms with van der Waals surface area (Å²) in [4.78, 5) is 36.6. The SMILES string of the molecule is COCC1(C(=O)O)CCN(C(=O)c2cc(NC(C)=O)cc(C(F)(F)F)c2)C1. The highest BCUT2D eigenvalue weighted by Gasteiger charge is 2.46. The van der Waals surface area contributed by atoms with E-state index < -0.39 is 34.9 Å². The van der Waals surface area contributed by atoms with Crippen molar-refractivity contribution in [2.45, 2.75) is 19.5 Å². The molecule has 1 unspecified atom stereocenters. The number of benzene rings is 1. The van der Waals surface area contributed by atoms with Crippen LogP contribution in [0.3, 0.4) is 0 Å². The quantitative estimate of drug-likeness (QED) is 0.807. The number of halogens is 3. The molecule has 1 saturated heterocycles. The van der Waals surface area contributed by atoms with E-state index in [0.717, 1.165) is 19.1 Å². The highest BCUT2D eigenvalue weighted by Crippen LogP contribution is 2.35. The van der Waals surface area contributed by atoms with Crippen molar-refractivity contribution in [2.75, 3.05) is 32.1 Å². The van der Waals surface area contributed by atoms with Gasteiger partial charge in [0.1, 0.15) is 5.41 Å². The van der Waals surface area contributed by atoms with Crippen LogP contribution in [0.4, 0.5) is 18.9 Å². The van der Waals surface area contributed by atoms with Gasteiger partial charge in [0.2, 0.25) is 5.91 Å². The molecule has 0 bridgehead atoms. The number of alkyl halides is 3. The van der Waals surface area contributed by atoms with Crippen LogP contribution < -0.4 is 5.32 Å². The number of carboxylic acid groups (broad SMARTS) is 1. The van der Waals surface area contributed by atoms with Gasteiger partial charge in [-0.1, -0.05) is 0 Å². The van der Waals surface area contributed by atoms with E-state index in [-0.39, 0.29) is 37.4 Å². The lowest BCUT2D eigenvalue weighted by Gasteiger charge is -2.24. The molecule has 0 spiro atoms. The number of anilines is 1. The molecule has 0 aliphatic carbocycles. The third kappa shape index (κ3) is 4.57. The summed E-state index contributed by atoms with van der Waals surface area (Å²) >= 11 is 0. The molecular weight excluding hydrogens is 369 g/mol. The highest BCUT2D eigenvalue weighted by molar-refractivity contribution is 5.97. The number of carbonyl (C=O) groups excluding carboxylic acids is 2. The largest absolute Gasteiger partial charge is 0.481 e. The van der Waals surface area contributed by atoms with E-state index >= 15 is 0 Å². The Morgan fingerprint density at radius 2 is 1.96 bits per heavy atom. The standard InChI is InChI=1S/C17H19F3N2O5/c1-10(23)21-13-6-11(5-12(7-13)17(18,19)20)14(24)22-4-3-16(8-22,9-27-2)15(25)26/h5-7H,3-4,8-9H2,1-2H3,(H,21,23)(H,25,26). The zero-order chi connectivity index (χ0) is 20.4. The maximum atomic E-state index is 13.1. The van der Waals surface area contributed by atoms with E-state index in [1.54, 1.807) is 0 Å². The van der Waals surface area contributed by atoms with Gasteiger partial charge in [-0.25, -0.2) is 0 Å². The Morgan fingerprint density at radius 1 is 1.30 bits per heavy atom. The van der Waals surface area contributed by atoms with Crippen LogP contribution in [0.5, 0.6) is 0 Å². The number of carboxylic acids is 1. The number of rotatable bonds is 5. The van der Waals surface area contributed by atoms with Crippen LogP contribution in [-0.2, 0) is 20.5 Å². The normalized spacial score (nSPS) is 19.8. The molecule has 1 aromatic carbocycles. The van der Waals surface area contributed by atoms with Crippen LogP contribution in [0, 0.1) is 5.41 Å². The van der Waals surface area contributed by atoms with E-state index in [1.807, 2.05) is 0 Å². The average Bonchev–Trinajstić information content (AvgIpc) is 2.98. The zero-order valence-electron chi connectivity index (χ0n) is 14.7. The molecule has 1 aliphatic rings. The van der Waals surface area contributed by atoms with Gasteiger partial charge in [-0.15, -0.1) is 0 Å². The maximum Gasteiger partial charge on any atom is 0.416 e. The molecule has 1 aromatic rings. The minimum atomic E-state index is -4.71. The molecule has 10 heteroatoms. The van der Waals surface area contributed by atoms with Crippen LogP contribution in [0.1, 0.15) is 29.3 Å². The third-order valence-corrected chi connectivity index (χ3v) is 4.34. The van der Waals surface area contributed by atoms with Crippen molar-refractivity contribution in [3.8, 4) is 0 Å². The molecule has 2 amide bonds. The Morgan fingerprint density at radius 3 is 2.48 bits per heavy atom. The van der Waals surface area contributed by atoms with Crippen molar-refractivity contribution in [1.82, 2.24) is 4.90 Å². The van der Waals surface area contributed by atoms with Gasteiger partial charge in [0, 0.05) is 38.4 Å². The van der Waals surface area contributed by atoms with Gasteiger partial charge < -0.3 is 20.1 Å². The molecule has 27 heavy (non-hydrogen) atoms. The van der Waals surface area contributed by atoms with Crippen molar-refractivity contribution in [1.29, 1.82) is 0 Å². The van der Waals surface area contributed by atoms with E-state index in [1.165, 1.54) is 12.0 Å². The van der Waals surface area contributed by atoms with E-state index in [9.17, 15) is 32.7 Å². The van der Waals surface area contributed by atoms with Gasteiger partial charge in [-0.3, -0.25) is 14.4 Å². The minimum absolute atomic E-state index is 0.0697. The van der Waals surface area contributed by atoms with Crippen molar-refractivity contribution < 1.29 is 37.4 Å². The molecular formula is C17H19F3N2O5. The fourth-order valence-corrected chi connectivity index (χ4v) is 3.05. The lowest BCUT2D eigenvalue weighted by Crippen LogP contribution is -2.40. The van der Waals surface area contributed by atoms with Gasteiger partial charge in [0.05, 0.1) is 12.2 Å². The van der Waals surface area contributed by atoms with E-state index in [4.69, 9.17) is 4.74 Å².